The molecule has 2 rings (SSSR count). The Morgan fingerprint density at radius 2 is 1.56 bits per heavy atom. The minimum Gasteiger partial charge on any atom is -0.494 e. The molecule has 0 atom stereocenters. The van der Waals surface area contributed by atoms with Crippen LogP contribution in [0.2, 0.25) is 10.0 Å². The lowest BCUT2D eigenvalue weighted by atomic mass is 10.1. The number of carbonyl (C=O) groups is 2. The van der Waals surface area contributed by atoms with Gasteiger partial charge >= 0.3 is 5.97 Å². The lowest BCUT2D eigenvalue weighted by Crippen LogP contribution is -2.21. The quantitative estimate of drug-likeness (QED) is 0.778. The fourth-order valence-electron chi connectivity index (χ4n) is 2.33. The van der Waals surface area contributed by atoms with Gasteiger partial charge in [0.1, 0.15) is 0 Å². The fourth-order valence-corrected chi connectivity index (χ4v) is 2.97. The van der Waals surface area contributed by atoms with Gasteiger partial charge < -0.3 is 14.8 Å². The Bertz CT molecular complexity index is 777. The number of carbonyl (C=O) groups excluding carboxylic acids is 2. The molecule has 0 aliphatic rings. The van der Waals surface area contributed by atoms with Gasteiger partial charge in [-0.15, -0.1) is 0 Å². The van der Waals surface area contributed by atoms with E-state index in [1.165, 1.54) is 19.2 Å². The van der Waals surface area contributed by atoms with Crippen molar-refractivity contribution in [3.05, 3.63) is 57.1 Å². The molecule has 25 heavy (non-hydrogen) atoms. The number of hydrogen-bond acceptors (Lipinski definition) is 4. The number of anilines is 1. The highest BCUT2D eigenvalue weighted by molar-refractivity contribution is 6.37. The van der Waals surface area contributed by atoms with Gasteiger partial charge in [-0.25, -0.2) is 4.79 Å². The third-order valence-corrected chi connectivity index (χ3v) is 3.84. The molecule has 0 bridgehead atoms. The van der Waals surface area contributed by atoms with E-state index >= 15 is 0 Å². The predicted molar refractivity (Wildman–Crippen MR) is 97.8 cm³/mol. The number of esters is 1. The average Bonchev–Trinajstić information content (AvgIpc) is 2.51. The van der Waals surface area contributed by atoms with Crippen molar-refractivity contribution in [2.45, 2.75) is 13.8 Å². The van der Waals surface area contributed by atoms with E-state index in [1.54, 1.807) is 0 Å². The molecule has 2 aromatic rings. The van der Waals surface area contributed by atoms with Crippen molar-refractivity contribution < 1.29 is 19.1 Å². The summed E-state index contributed by atoms with van der Waals surface area (Å²) in [6.07, 6.45) is 0. The molecule has 0 spiro atoms. The zero-order valence-corrected chi connectivity index (χ0v) is 15.5. The highest BCUT2D eigenvalue weighted by atomic mass is 35.5. The second-order valence-corrected chi connectivity index (χ2v) is 6.29. The smallest absolute Gasteiger partial charge is 0.338 e. The summed E-state index contributed by atoms with van der Waals surface area (Å²) < 4.78 is 10.0. The SMILES string of the molecule is COc1c(Cl)cc(C(=O)OCC(=O)Nc2cc(C)cc(C)c2)cc1Cl. The van der Waals surface area contributed by atoms with E-state index < -0.39 is 18.5 Å². The summed E-state index contributed by atoms with van der Waals surface area (Å²) in [7, 11) is 1.42. The first kappa shape index (κ1) is 19.1. The molecule has 7 heteroatoms. The molecule has 1 N–H and O–H groups in total. The molecule has 0 aliphatic heterocycles. The lowest BCUT2D eigenvalue weighted by molar-refractivity contribution is -0.119. The van der Waals surface area contributed by atoms with Crippen molar-refractivity contribution in [1.29, 1.82) is 0 Å². The summed E-state index contributed by atoms with van der Waals surface area (Å²) in [4.78, 5) is 24.0. The third-order valence-electron chi connectivity index (χ3n) is 3.28. The van der Waals surface area contributed by atoms with Crippen LogP contribution in [0, 0.1) is 13.8 Å². The molecule has 0 aromatic heterocycles. The number of hydrogen-bond donors (Lipinski definition) is 1. The van der Waals surface area contributed by atoms with Crippen LogP contribution in [0.3, 0.4) is 0 Å². The van der Waals surface area contributed by atoms with Gasteiger partial charge in [0, 0.05) is 5.69 Å². The monoisotopic (exact) mass is 381 g/mol. The Labute approximate surface area is 155 Å². The summed E-state index contributed by atoms with van der Waals surface area (Å²) in [5, 5.41) is 3.05. The van der Waals surface area contributed by atoms with Gasteiger partial charge in [-0.1, -0.05) is 29.3 Å². The molecule has 132 valence electrons. The summed E-state index contributed by atoms with van der Waals surface area (Å²) in [5.41, 5.74) is 2.83. The molecule has 0 saturated heterocycles. The predicted octanol–water partition coefficient (Wildman–Crippen LogP) is 4.41. The number of halogens is 2. The van der Waals surface area contributed by atoms with Gasteiger partial charge in [0.15, 0.2) is 12.4 Å². The number of aryl methyl sites for hydroxylation is 2. The largest absolute Gasteiger partial charge is 0.494 e. The van der Waals surface area contributed by atoms with Crippen LogP contribution in [0.15, 0.2) is 30.3 Å². The summed E-state index contributed by atoms with van der Waals surface area (Å²) in [6, 6.07) is 8.39. The van der Waals surface area contributed by atoms with Crippen molar-refractivity contribution in [2.24, 2.45) is 0 Å². The molecule has 0 aliphatic carbocycles. The van der Waals surface area contributed by atoms with Crippen LogP contribution in [-0.2, 0) is 9.53 Å². The van der Waals surface area contributed by atoms with Crippen molar-refractivity contribution in [1.82, 2.24) is 0 Å². The highest BCUT2D eigenvalue weighted by Crippen LogP contribution is 2.33. The van der Waals surface area contributed by atoms with Gasteiger partial charge in [0.05, 0.1) is 22.7 Å². The number of rotatable bonds is 5. The van der Waals surface area contributed by atoms with Crippen LogP contribution < -0.4 is 10.1 Å². The second kappa shape index (κ2) is 8.23. The second-order valence-electron chi connectivity index (χ2n) is 5.47. The molecular weight excluding hydrogens is 365 g/mol. The Morgan fingerprint density at radius 1 is 1.00 bits per heavy atom. The normalized spacial score (nSPS) is 10.3. The summed E-state index contributed by atoms with van der Waals surface area (Å²) in [6.45, 7) is 3.44. The molecule has 5 nitrogen and oxygen atoms in total. The first-order valence-corrected chi connectivity index (χ1v) is 8.14. The minimum atomic E-state index is -0.706. The molecule has 1 amide bonds. The van der Waals surface area contributed by atoms with Crippen LogP contribution in [0.5, 0.6) is 5.75 Å². The van der Waals surface area contributed by atoms with E-state index in [4.69, 9.17) is 32.7 Å². The molecule has 0 heterocycles. The average molecular weight is 382 g/mol. The number of nitrogens with one attached hydrogen (secondary N) is 1. The molecule has 0 saturated carbocycles. The van der Waals surface area contributed by atoms with Crippen LogP contribution in [0.1, 0.15) is 21.5 Å². The summed E-state index contributed by atoms with van der Waals surface area (Å²) in [5.74, 6) is -0.876. The van der Waals surface area contributed by atoms with Crippen LogP contribution in [0.25, 0.3) is 0 Å². The van der Waals surface area contributed by atoms with Crippen LogP contribution >= 0.6 is 23.2 Å². The molecule has 0 fully saturated rings. The topological polar surface area (TPSA) is 64.6 Å². The zero-order valence-electron chi connectivity index (χ0n) is 14.0. The number of amides is 1. The Balaban J connectivity index is 1.98. The van der Waals surface area contributed by atoms with Gasteiger partial charge in [0.25, 0.3) is 5.91 Å². The number of ether oxygens (including phenoxy) is 2. The van der Waals surface area contributed by atoms with E-state index in [1.807, 2.05) is 32.0 Å². The van der Waals surface area contributed by atoms with Crippen molar-refractivity contribution >= 4 is 40.8 Å². The van der Waals surface area contributed by atoms with Gasteiger partial charge in [-0.05, 0) is 49.2 Å². The lowest BCUT2D eigenvalue weighted by Gasteiger charge is -2.10. The van der Waals surface area contributed by atoms with E-state index in [2.05, 4.69) is 5.32 Å². The van der Waals surface area contributed by atoms with E-state index in [9.17, 15) is 9.59 Å². The van der Waals surface area contributed by atoms with Crippen molar-refractivity contribution in [2.75, 3.05) is 19.0 Å². The molecule has 0 radical (unpaired) electrons. The van der Waals surface area contributed by atoms with E-state index in [0.717, 1.165) is 11.1 Å². The molecule has 0 unspecified atom stereocenters. The highest BCUT2D eigenvalue weighted by Gasteiger charge is 2.16. The van der Waals surface area contributed by atoms with Gasteiger partial charge in [-0.2, -0.15) is 0 Å². The number of methoxy groups -OCH3 is 1. The maximum atomic E-state index is 12.1. The van der Waals surface area contributed by atoms with Crippen molar-refractivity contribution in [3.63, 3.8) is 0 Å². The Hall–Kier alpha value is -2.24. The first-order chi connectivity index (χ1) is 11.8. The maximum Gasteiger partial charge on any atom is 0.338 e. The third kappa shape index (κ3) is 5.11. The van der Waals surface area contributed by atoms with Crippen LogP contribution in [-0.4, -0.2) is 25.6 Å². The van der Waals surface area contributed by atoms with Gasteiger partial charge in [-0.3, -0.25) is 4.79 Å². The molecule has 2 aromatic carbocycles. The van der Waals surface area contributed by atoms with Crippen LogP contribution in [0.4, 0.5) is 5.69 Å². The van der Waals surface area contributed by atoms with E-state index in [0.29, 0.717) is 5.69 Å². The number of benzene rings is 2. The Morgan fingerprint density at radius 3 is 2.08 bits per heavy atom. The van der Waals surface area contributed by atoms with Crippen molar-refractivity contribution in [3.8, 4) is 5.75 Å². The zero-order chi connectivity index (χ0) is 18.6. The van der Waals surface area contributed by atoms with E-state index in [-0.39, 0.29) is 21.4 Å². The maximum absolute atomic E-state index is 12.1. The molecular formula is C18H17Cl2NO4. The standard InChI is InChI=1S/C18H17Cl2NO4/c1-10-4-11(2)6-13(5-10)21-16(22)9-25-18(23)12-7-14(19)17(24-3)15(20)8-12/h4-8H,9H2,1-3H3,(H,21,22). The Kier molecular flexibility index (Phi) is 6.28. The van der Waals surface area contributed by atoms with Gasteiger partial charge in [0.2, 0.25) is 0 Å². The summed E-state index contributed by atoms with van der Waals surface area (Å²) >= 11 is 12.0. The fraction of sp³-hybridized carbons (Fsp3) is 0.222. The first-order valence-electron chi connectivity index (χ1n) is 7.38. The minimum absolute atomic E-state index is 0.134.